The van der Waals surface area contributed by atoms with Crippen molar-refractivity contribution in [3.05, 3.63) is 272 Å². The van der Waals surface area contributed by atoms with Gasteiger partial charge in [-0.25, -0.2) is 29.7 Å². The molecule has 0 radical (unpaired) electrons. The van der Waals surface area contributed by atoms with E-state index in [4.69, 9.17) is 67.9 Å². The average molecular weight is 1630 g/mol. The maximum absolute atomic E-state index is 10.8. The number of aliphatic carboxylic acids is 1. The molecule has 0 aliphatic rings. The molecule has 0 aliphatic heterocycles. The van der Waals surface area contributed by atoms with Crippen LogP contribution in [0, 0.1) is 36.5 Å². The Balaban J connectivity index is 0.000000146. The van der Waals surface area contributed by atoms with Gasteiger partial charge in [0.1, 0.15) is 102 Å². The van der Waals surface area contributed by atoms with Crippen molar-refractivity contribution in [1.82, 2.24) is 52.7 Å². The van der Waals surface area contributed by atoms with Crippen LogP contribution in [0.25, 0.3) is 55.2 Å². The first-order chi connectivity index (χ1) is 57.7. The molecule has 0 bridgehead atoms. The fourth-order valence-corrected chi connectivity index (χ4v) is 14.3. The second kappa shape index (κ2) is 43.8. The lowest BCUT2D eigenvalue weighted by molar-refractivity contribution is -0.139. The molecule has 0 aliphatic carbocycles. The number of carboxylic acids is 1. The van der Waals surface area contributed by atoms with Gasteiger partial charge in [-0.1, -0.05) is 166 Å². The van der Waals surface area contributed by atoms with E-state index >= 15 is 0 Å². The summed E-state index contributed by atoms with van der Waals surface area (Å²) in [5.41, 5.74) is 11.8. The molecule has 0 unspecified atom stereocenters. The number of fused-ring (bicyclic) bond motifs is 5. The molecule has 22 heteroatoms. The van der Waals surface area contributed by atoms with E-state index in [-0.39, 0.29) is 6.61 Å². The Hall–Kier alpha value is -12.3. The molecule has 6 aromatic heterocycles. The highest BCUT2D eigenvalue weighted by Gasteiger charge is 2.20. The van der Waals surface area contributed by atoms with E-state index in [1.54, 1.807) is 25.6 Å². The van der Waals surface area contributed by atoms with E-state index in [1.165, 1.54) is 27.3 Å². The number of carbonyl (C=O) groups is 1. The van der Waals surface area contributed by atoms with Crippen LogP contribution in [-0.4, -0.2) is 90.7 Å². The summed E-state index contributed by atoms with van der Waals surface area (Å²) < 4.78 is 56.5. The lowest BCUT2D eigenvalue weighted by atomic mass is 10.2. The Kier molecular flexibility index (Phi) is 32.2. The fraction of sp³-hybridized carbons (Fsp3) is 0.330. The van der Waals surface area contributed by atoms with E-state index in [9.17, 15) is 4.79 Å². The molecular weight excluding hydrogens is 1510 g/mol. The van der Waals surface area contributed by atoms with E-state index in [0.717, 1.165) is 129 Å². The van der Waals surface area contributed by atoms with E-state index in [1.807, 2.05) is 147 Å². The Labute approximate surface area is 703 Å². The monoisotopic (exact) mass is 1620 g/mol. The standard InChI is InChI=1S/C22H26N2O5.C19H23N3O2.C19H22N2O2.C19H22N2O.C18H20N2S/c1-4-27-16-6-5-7-17(10-16)28-13-21-23-19-9-8-18(29-14-22(25)26)11-20(19)24(21)12-15(2)3;1-4-23-15-9-16(11-20-10-15)24-13-19-21-17-7-5-6-8-18(17)22(19)12-14(2)3;1-14(2)12-21-18-10-5-4-9-17(18)20-19(21)13-23-16-8-6-7-15(11-16)22-3;1-14(2)12-21-18-7-5-4-6-17(18)20-19(21)13-22-16-10-8-15(3)9-11-16;1-14(2)12-20-17-11-7-6-10-16(17)19-18(20)13-21-15-8-4-3-5-9-15/h5-11,15H,4,12-14H2,1-3H3,(H,25,26);5-11,14H,4,12-13H2,1-3H3;4-11,14H,12-13H2,1-3H3;4-11,14H,12-13H2,1-3H3;3-11,14H,12-13H2,1-2H3. The van der Waals surface area contributed by atoms with Crippen molar-refractivity contribution in [1.29, 1.82) is 0 Å². The molecule has 0 spiro atoms. The predicted octanol–water partition coefficient (Wildman–Crippen LogP) is 22.0. The minimum Gasteiger partial charge on any atom is -0.497 e. The molecule has 0 atom stereocenters. The van der Waals surface area contributed by atoms with Crippen LogP contribution in [0.2, 0.25) is 0 Å². The van der Waals surface area contributed by atoms with Gasteiger partial charge in [0.25, 0.3) is 0 Å². The molecular formula is C97H113N11O10S. The van der Waals surface area contributed by atoms with Gasteiger partial charge >= 0.3 is 5.97 Å². The minimum atomic E-state index is -1.01. The maximum atomic E-state index is 10.8. The Bertz CT molecular complexity index is 5670. The summed E-state index contributed by atoms with van der Waals surface area (Å²) in [5.74, 6) is 13.2. The number of nitrogens with zero attached hydrogens (tertiary/aromatic N) is 11. The number of rotatable bonds is 33. The number of imidazole rings is 5. The molecule has 622 valence electrons. The minimum absolute atomic E-state index is 0.308. The summed E-state index contributed by atoms with van der Waals surface area (Å²) in [6, 6.07) is 74.2. The van der Waals surface area contributed by atoms with Crippen LogP contribution in [0.1, 0.15) is 118 Å². The van der Waals surface area contributed by atoms with Gasteiger partial charge in [-0.3, -0.25) is 4.98 Å². The number of ether oxygens (including phenoxy) is 8. The van der Waals surface area contributed by atoms with Gasteiger partial charge in [0.2, 0.25) is 0 Å². The first-order valence-electron chi connectivity index (χ1n) is 41.0. The number of aryl methyl sites for hydroxylation is 1. The number of pyridine rings is 1. The van der Waals surface area contributed by atoms with Gasteiger partial charge in [-0.2, -0.15) is 0 Å². The van der Waals surface area contributed by atoms with Crippen LogP contribution < -0.4 is 37.9 Å². The highest BCUT2D eigenvalue weighted by atomic mass is 32.2. The lowest BCUT2D eigenvalue weighted by Crippen LogP contribution is -2.11. The van der Waals surface area contributed by atoms with Gasteiger partial charge in [-0.05, 0) is 160 Å². The second-order valence-corrected chi connectivity index (χ2v) is 31.9. The molecule has 6 heterocycles. The second-order valence-electron chi connectivity index (χ2n) is 30.9. The van der Waals surface area contributed by atoms with Crippen LogP contribution in [-0.2, 0) is 69.7 Å². The van der Waals surface area contributed by atoms with Crippen molar-refractivity contribution in [3.63, 3.8) is 0 Å². The number of aromatic nitrogens is 11. The maximum Gasteiger partial charge on any atom is 0.341 e. The van der Waals surface area contributed by atoms with Crippen molar-refractivity contribution in [2.75, 3.05) is 26.9 Å². The van der Waals surface area contributed by atoms with Crippen molar-refractivity contribution < 1.29 is 47.8 Å². The first kappa shape index (κ1) is 87.5. The van der Waals surface area contributed by atoms with Crippen LogP contribution >= 0.6 is 11.8 Å². The molecule has 119 heavy (non-hydrogen) atoms. The Morgan fingerprint density at radius 1 is 0.345 bits per heavy atom. The highest BCUT2D eigenvalue weighted by molar-refractivity contribution is 7.98. The molecule has 15 rings (SSSR count). The SMILES string of the molecule is CC(C)Cn1c(CSc2ccccc2)nc2ccccc21.CCOc1cccc(OCc2nc3ccc(OCC(=O)O)cc3n2CC(C)C)c1.CCOc1cncc(OCc2nc3ccccc3n2CC(C)C)c1.COc1cccc(OCc2nc3ccccc3n2CC(C)C)c1.Cc1ccc(OCc2nc3ccccc3n2CC(C)C)cc1. The molecule has 1 N–H and O–H groups in total. The average Bonchev–Trinajstić information content (AvgIpc) is 1.73. The zero-order valence-corrected chi connectivity index (χ0v) is 71.9. The van der Waals surface area contributed by atoms with Crippen LogP contribution in [0.3, 0.4) is 0 Å². The van der Waals surface area contributed by atoms with Crippen molar-refractivity contribution in [3.8, 4) is 46.0 Å². The van der Waals surface area contributed by atoms with E-state index in [0.29, 0.717) is 92.2 Å². The topological polar surface area (TPSA) is 213 Å². The smallest absolute Gasteiger partial charge is 0.341 e. The number of thioether (sulfide) groups is 1. The lowest BCUT2D eigenvalue weighted by Gasteiger charge is -2.13. The van der Waals surface area contributed by atoms with Gasteiger partial charge in [0, 0.05) is 61.9 Å². The number of hydrogen-bond donors (Lipinski definition) is 1. The van der Waals surface area contributed by atoms with E-state index < -0.39 is 5.97 Å². The van der Waals surface area contributed by atoms with Crippen LogP contribution in [0.15, 0.2) is 242 Å². The molecule has 0 saturated carbocycles. The normalized spacial score (nSPS) is 11.2. The third-order valence-electron chi connectivity index (χ3n) is 18.6. The first-order valence-corrected chi connectivity index (χ1v) is 42.0. The highest BCUT2D eigenvalue weighted by Crippen LogP contribution is 2.31. The molecule has 9 aromatic carbocycles. The van der Waals surface area contributed by atoms with Crippen molar-refractivity contribution in [2.45, 2.75) is 160 Å². The molecule has 15 aromatic rings. The molecule has 0 amide bonds. The molecule has 0 saturated heterocycles. The summed E-state index contributed by atoms with van der Waals surface area (Å²) in [7, 11) is 1.65. The number of methoxy groups -OCH3 is 1. The van der Waals surface area contributed by atoms with Gasteiger partial charge < -0.3 is 65.8 Å². The predicted molar refractivity (Wildman–Crippen MR) is 477 cm³/mol. The van der Waals surface area contributed by atoms with Crippen LogP contribution in [0.5, 0.6) is 46.0 Å². The molecule has 0 fully saturated rings. The number of carboxylic acid groups (broad SMARTS) is 1. The van der Waals surface area contributed by atoms with E-state index in [2.05, 4.69) is 201 Å². The summed E-state index contributed by atoms with van der Waals surface area (Å²) in [4.78, 5) is 39.9. The zero-order chi connectivity index (χ0) is 84.2. The quantitative estimate of drug-likeness (QED) is 0.0379. The molecule has 21 nitrogen and oxygen atoms in total. The van der Waals surface area contributed by atoms with Gasteiger partial charge in [-0.15, -0.1) is 11.8 Å². The Morgan fingerprint density at radius 2 is 0.672 bits per heavy atom. The summed E-state index contributed by atoms with van der Waals surface area (Å²) in [6.45, 7) is 35.0. The fourth-order valence-electron chi connectivity index (χ4n) is 13.4. The van der Waals surface area contributed by atoms with Gasteiger partial charge in [0.15, 0.2) is 6.61 Å². The van der Waals surface area contributed by atoms with Gasteiger partial charge in [0.05, 0.1) is 93.6 Å². The number of para-hydroxylation sites is 8. The number of hydrogen-bond acceptors (Lipinski definition) is 16. The summed E-state index contributed by atoms with van der Waals surface area (Å²) >= 11 is 1.85. The van der Waals surface area contributed by atoms with Crippen molar-refractivity contribution >= 4 is 72.9 Å². The summed E-state index contributed by atoms with van der Waals surface area (Å²) in [6.07, 6.45) is 3.38. The van der Waals surface area contributed by atoms with Crippen molar-refractivity contribution in [2.24, 2.45) is 29.6 Å². The zero-order valence-electron chi connectivity index (χ0n) is 71.0. The number of benzene rings is 9. The summed E-state index contributed by atoms with van der Waals surface area (Å²) in [5, 5.41) is 8.83. The Morgan fingerprint density at radius 3 is 1.10 bits per heavy atom. The third kappa shape index (κ3) is 25.6. The third-order valence-corrected chi connectivity index (χ3v) is 19.6. The largest absolute Gasteiger partial charge is 0.497 e. The van der Waals surface area contributed by atoms with Crippen LogP contribution in [0.4, 0.5) is 0 Å².